The van der Waals surface area contributed by atoms with E-state index in [9.17, 15) is 9.90 Å². The van der Waals surface area contributed by atoms with Gasteiger partial charge < -0.3 is 14.3 Å². The number of aromatic nitrogens is 1. The molecular formula is C17H15NO4. The number of rotatable bonds is 4. The molecule has 22 heavy (non-hydrogen) atoms. The lowest BCUT2D eigenvalue weighted by Gasteiger charge is -2.09. The summed E-state index contributed by atoms with van der Waals surface area (Å²) in [5.41, 5.74) is 1.82. The lowest BCUT2D eigenvalue weighted by Crippen LogP contribution is -2.02. The number of nitrogens with zero attached hydrogens (tertiary/aromatic N) is 1. The highest BCUT2D eigenvalue weighted by Crippen LogP contribution is 2.26. The minimum absolute atomic E-state index is 0.154. The average Bonchev–Trinajstić information content (AvgIpc) is 2.98. The summed E-state index contributed by atoms with van der Waals surface area (Å²) in [7, 11) is 0. The van der Waals surface area contributed by atoms with E-state index in [2.05, 4.69) is 4.98 Å². The van der Waals surface area contributed by atoms with Crippen molar-refractivity contribution in [2.24, 2.45) is 0 Å². The van der Waals surface area contributed by atoms with Crippen LogP contribution in [-0.4, -0.2) is 22.7 Å². The number of ether oxygens (including phenoxy) is 1. The van der Waals surface area contributed by atoms with Crippen LogP contribution >= 0.6 is 0 Å². The van der Waals surface area contributed by atoms with Gasteiger partial charge in [0.15, 0.2) is 0 Å². The maximum Gasteiger partial charge on any atom is 0.374 e. The van der Waals surface area contributed by atoms with Crippen LogP contribution in [0.15, 0.2) is 53.1 Å². The van der Waals surface area contributed by atoms with Crippen LogP contribution in [0.25, 0.3) is 11.0 Å². The molecule has 0 aliphatic rings. The number of aliphatic hydroxyl groups excluding tert-OH is 1. The molecule has 0 aliphatic carbocycles. The highest BCUT2D eigenvalue weighted by atomic mass is 16.5. The molecule has 0 saturated carbocycles. The molecule has 1 aromatic carbocycles. The Morgan fingerprint density at radius 2 is 2.18 bits per heavy atom. The van der Waals surface area contributed by atoms with Crippen LogP contribution in [0.3, 0.4) is 0 Å². The number of carbonyl (C=O) groups is 1. The van der Waals surface area contributed by atoms with E-state index in [-0.39, 0.29) is 5.76 Å². The first-order valence-corrected chi connectivity index (χ1v) is 6.98. The highest BCUT2D eigenvalue weighted by Gasteiger charge is 2.16. The third-order valence-corrected chi connectivity index (χ3v) is 3.30. The zero-order valence-electron chi connectivity index (χ0n) is 12.0. The van der Waals surface area contributed by atoms with E-state index < -0.39 is 12.1 Å². The van der Waals surface area contributed by atoms with Gasteiger partial charge in [-0.1, -0.05) is 12.1 Å². The van der Waals surface area contributed by atoms with E-state index in [0.717, 1.165) is 5.39 Å². The summed E-state index contributed by atoms with van der Waals surface area (Å²) in [4.78, 5) is 15.8. The number of carbonyl (C=O) groups excluding carboxylic acids is 1. The van der Waals surface area contributed by atoms with Crippen molar-refractivity contribution in [3.05, 3.63) is 65.7 Å². The Kier molecular flexibility index (Phi) is 3.89. The first-order valence-electron chi connectivity index (χ1n) is 6.98. The number of benzene rings is 1. The number of hydrogen-bond donors (Lipinski definition) is 1. The van der Waals surface area contributed by atoms with Gasteiger partial charge in [-0.05, 0) is 42.8 Å². The molecule has 2 heterocycles. The molecule has 0 aliphatic heterocycles. The smallest absolute Gasteiger partial charge is 0.374 e. The van der Waals surface area contributed by atoms with Crippen molar-refractivity contribution in [3.8, 4) is 0 Å². The van der Waals surface area contributed by atoms with E-state index in [1.165, 1.54) is 0 Å². The van der Waals surface area contributed by atoms with Gasteiger partial charge in [-0.25, -0.2) is 4.79 Å². The summed E-state index contributed by atoms with van der Waals surface area (Å²) in [6, 6.07) is 12.2. The SMILES string of the molecule is CCOC(=O)c1cc2cc(C(O)c3ccccn3)ccc2o1. The summed E-state index contributed by atoms with van der Waals surface area (Å²) in [5.74, 6) is -0.341. The maximum atomic E-state index is 11.7. The molecular weight excluding hydrogens is 282 g/mol. The molecule has 0 bridgehead atoms. The second-order valence-electron chi connectivity index (χ2n) is 4.79. The van der Waals surface area contributed by atoms with Crippen LogP contribution in [0.2, 0.25) is 0 Å². The number of hydrogen-bond acceptors (Lipinski definition) is 5. The maximum absolute atomic E-state index is 11.7. The van der Waals surface area contributed by atoms with Gasteiger partial charge in [0.25, 0.3) is 0 Å². The fourth-order valence-corrected chi connectivity index (χ4v) is 2.24. The van der Waals surface area contributed by atoms with E-state index in [0.29, 0.717) is 23.4 Å². The molecule has 5 heteroatoms. The van der Waals surface area contributed by atoms with E-state index in [1.54, 1.807) is 49.5 Å². The van der Waals surface area contributed by atoms with Gasteiger partial charge in [0, 0.05) is 11.6 Å². The molecule has 2 aromatic heterocycles. The van der Waals surface area contributed by atoms with Crippen molar-refractivity contribution in [1.29, 1.82) is 0 Å². The van der Waals surface area contributed by atoms with Crippen molar-refractivity contribution in [3.63, 3.8) is 0 Å². The Labute approximate surface area is 127 Å². The van der Waals surface area contributed by atoms with Crippen molar-refractivity contribution < 1.29 is 19.1 Å². The molecule has 5 nitrogen and oxygen atoms in total. The number of fused-ring (bicyclic) bond motifs is 1. The zero-order chi connectivity index (χ0) is 15.5. The fourth-order valence-electron chi connectivity index (χ4n) is 2.24. The summed E-state index contributed by atoms with van der Waals surface area (Å²) in [5, 5.41) is 11.1. The lowest BCUT2D eigenvalue weighted by molar-refractivity contribution is 0.0492. The van der Waals surface area contributed by atoms with Gasteiger partial charge in [0.1, 0.15) is 11.7 Å². The monoisotopic (exact) mass is 297 g/mol. The van der Waals surface area contributed by atoms with Crippen molar-refractivity contribution in [2.75, 3.05) is 6.61 Å². The predicted octanol–water partition coefficient (Wildman–Crippen LogP) is 3.09. The molecule has 0 fully saturated rings. The first-order chi connectivity index (χ1) is 10.7. The third-order valence-electron chi connectivity index (χ3n) is 3.30. The van der Waals surface area contributed by atoms with Crippen molar-refractivity contribution in [1.82, 2.24) is 4.98 Å². The molecule has 3 aromatic rings. The predicted molar refractivity (Wildman–Crippen MR) is 80.5 cm³/mol. The summed E-state index contributed by atoms with van der Waals surface area (Å²) >= 11 is 0. The van der Waals surface area contributed by atoms with Crippen molar-refractivity contribution in [2.45, 2.75) is 13.0 Å². The minimum atomic E-state index is -0.827. The Morgan fingerprint density at radius 1 is 1.32 bits per heavy atom. The average molecular weight is 297 g/mol. The minimum Gasteiger partial charge on any atom is -0.460 e. The van der Waals surface area contributed by atoms with Crippen LogP contribution in [0.5, 0.6) is 0 Å². The molecule has 3 rings (SSSR count). The second kappa shape index (κ2) is 5.99. The van der Waals surface area contributed by atoms with Gasteiger partial charge in [0.05, 0.1) is 12.3 Å². The second-order valence-corrected chi connectivity index (χ2v) is 4.79. The Hall–Kier alpha value is -2.66. The van der Waals surface area contributed by atoms with Crippen LogP contribution < -0.4 is 0 Å². The van der Waals surface area contributed by atoms with Gasteiger partial charge >= 0.3 is 5.97 Å². The summed E-state index contributed by atoms with van der Waals surface area (Å²) in [6.45, 7) is 2.03. The number of esters is 1. The Balaban J connectivity index is 1.94. The standard InChI is InChI=1S/C17H15NO4/c1-2-21-17(20)15-10-12-9-11(6-7-14(12)22-15)16(19)13-5-3-4-8-18-13/h3-10,16,19H,2H2,1H3. The number of pyridine rings is 1. The quantitative estimate of drug-likeness (QED) is 0.749. The molecule has 0 amide bonds. The fraction of sp³-hybridized carbons (Fsp3) is 0.176. The summed E-state index contributed by atoms with van der Waals surface area (Å²) < 4.78 is 10.4. The first kappa shape index (κ1) is 14.3. The van der Waals surface area contributed by atoms with Crippen LogP contribution in [0, 0.1) is 0 Å². The third kappa shape index (κ3) is 2.71. The Bertz CT molecular complexity index is 795. The van der Waals surface area contributed by atoms with Crippen LogP contribution in [0.1, 0.15) is 34.8 Å². The lowest BCUT2D eigenvalue weighted by atomic mass is 10.0. The van der Waals surface area contributed by atoms with Gasteiger partial charge in [0.2, 0.25) is 5.76 Å². The molecule has 1 atom stereocenters. The molecule has 0 spiro atoms. The molecule has 0 saturated heterocycles. The Morgan fingerprint density at radius 3 is 2.91 bits per heavy atom. The molecule has 112 valence electrons. The van der Waals surface area contributed by atoms with E-state index in [1.807, 2.05) is 6.07 Å². The van der Waals surface area contributed by atoms with Gasteiger partial charge in [-0.15, -0.1) is 0 Å². The van der Waals surface area contributed by atoms with Crippen molar-refractivity contribution >= 4 is 16.9 Å². The van der Waals surface area contributed by atoms with E-state index in [4.69, 9.17) is 9.15 Å². The zero-order valence-corrected chi connectivity index (χ0v) is 12.0. The van der Waals surface area contributed by atoms with Crippen LogP contribution in [-0.2, 0) is 4.74 Å². The number of furan rings is 1. The highest BCUT2D eigenvalue weighted by molar-refractivity contribution is 5.92. The molecule has 0 radical (unpaired) electrons. The van der Waals surface area contributed by atoms with Crippen LogP contribution in [0.4, 0.5) is 0 Å². The summed E-state index contributed by atoms with van der Waals surface area (Å²) in [6.07, 6.45) is 0.805. The van der Waals surface area contributed by atoms with Gasteiger partial charge in [-0.3, -0.25) is 4.98 Å². The molecule has 1 N–H and O–H groups in total. The number of aliphatic hydroxyl groups is 1. The topological polar surface area (TPSA) is 72.6 Å². The molecule has 1 unspecified atom stereocenters. The van der Waals surface area contributed by atoms with E-state index >= 15 is 0 Å². The normalized spacial score (nSPS) is 12.3. The van der Waals surface area contributed by atoms with Gasteiger partial charge in [-0.2, -0.15) is 0 Å². The largest absolute Gasteiger partial charge is 0.460 e.